The topological polar surface area (TPSA) is 34.6 Å². The second kappa shape index (κ2) is 11.8. The van der Waals surface area contributed by atoms with Crippen LogP contribution >= 0.6 is 0 Å². The van der Waals surface area contributed by atoms with Crippen molar-refractivity contribution in [3.63, 3.8) is 0 Å². The number of unbranched alkanes of at least 4 members (excludes halogenated alkanes) is 6. The van der Waals surface area contributed by atoms with Crippen LogP contribution in [0.25, 0.3) is 0 Å². The number of nitrogens with zero attached hydrogens (tertiary/aromatic N) is 4. The van der Waals surface area contributed by atoms with Crippen LogP contribution in [-0.4, -0.2) is 15.1 Å². The average molecular weight is 344 g/mol. The lowest BCUT2D eigenvalue weighted by atomic mass is 10.1. The third kappa shape index (κ3) is 6.97. The molecule has 2 aromatic rings. The Bertz CT molecular complexity index is 577. The van der Waals surface area contributed by atoms with Crippen molar-refractivity contribution in [3.8, 4) is 0 Å². The smallest absolute Gasteiger partial charge is 0.137 e. The molecule has 0 spiro atoms. The molecule has 1 aromatic heterocycles. The third-order valence-corrected chi connectivity index (χ3v) is 4.78. The van der Waals surface area contributed by atoms with Crippen molar-refractivity contribution in [1.82, 2.24) is 15.1 Å². The largest absolute Gasteiger partial charge is 0.257 e. The average Bonchev–Trinajstić information content (AvgIpc) is 3.03. The first kappa shape index (κ1) is 19.6. The second-order valence-corrected chi connectivity index (χ2v) is 6.95. The van der Waals surface area contributed by atoms with Gasteiger partial charge >= 0.3 is 0 Å². The molecule has 0 atom stereocenters. The maximum Gasteiger partial charge on any atom is 0.257 e. The molecule has 0 saturated heterocycles. The summed E-state index contributed by atoms with van der Waals surface area (Å²) in [7, 11) is 0. The molecule has 4 heteroatoms. The number of tetrazole rings is 1. The van der Waals surface area contributed by atoms with Gasteiger partial charge in [0.15, 0.2) is 5.21 Å². The molecule has 0 aliphatic rings. The van der Waals surface area contributed by atoms with Gasteiger partial charge in [0.2, 0.25) is 0 Å². The summed E-state index contributed by atoms with van der Waals surface area (Å²) in [6.45, 7) is 6.41. The fraction of sp³-hybridized carbons (Fsp3) is 0.667. The summed E-state index contributed by atoms with van der Waals surface area (Å²) in [6, 6.07) is 10.7. The minimum absolute atomic E-state index is 0.918. The quantitative estimate of drug-likeness (QED) is 0.396. The Balaban J connectivity index is 1.91. The minimum Gasteiger partial charge on any atom is -0.137 e. The van der Waals surface area contributed by atoms with Crippen LogP contribution in [0.2, 0.25) is 0 Å². The summed E-state index contributed by atoms with van der Waals surface area (Å²) in [6.07, 6.45) is 12.4. The van der Waals surface area contributed by atoms with E-state index in [0.717, 1.165) is 25.9 Å². The van der Waals surface area contributed by atoms with Crippen LogP contribution in [0.15, 0.2) is 30.3 Å². The van der Waals surface area contributed by atoms with Crippen molar-refractivity contribution in [2.24, 2.45) is 0 Å². The van der Waals surface area contributed by atoms with Crippen LogP contribution in [0.4, 0.5) is 0 Å². The Morgan fingerprint density at radius 1 is 0.840 bits per heavy atom. The lowest BCUT2D eigenvalue weighted by Crippen LogP contribution is -2.40. The summed E-state index contributed by atoms with van der Waals surface area (Å²) in [4.78, 5) is 0. The van der Waals surface area contributed by atoms with E-state index in [9.17, 15) is 0 Å². The molecule has 0 fully saturated rings. The van der Waals surface area contributed by atoms with Crippen molar-refractivity contribution in [1.29, 1.82) is 0 Å². The highest BCUT2D eigenvalue weighted by Crippen LogP contribution is 2.09. The van der Waals surface area contributed by atoms with E-state index in [1.54, 1.807) is 0 Å². The van der Waals surface area contributed by atoms with Gasteiger partial charge in [-0.1, -0.05) is 87.4 Å². The third-order valence-electron chi connectivity index (χ3n) is 4.78. The number of rotatable bonds is 13. The van der Waals surface area contributed by atoms with Crippen LogP contribution in [0.5, 0.6) is 0 Å². The second-order valence-electron chi connectivity index (χ2n) is 6.95. The van der Waals surface area contributed by atoms with Crippen molar-refractivity contribution < 1.29 is 4.68 Å². The Kier molecular flexibility index (Phi) is 9.24. The van der Waals surface area contributed by atoms with Gasteiger partial charge in [0.25, 0.3) is 5.82 Å². The maximum absolute atomic E-state index is 4.44. The van der Waals surface area contributed by atoms with E-state index in [1.165, 1.54) is 62.8 Å². The first-order chi connectivity index (χ1) is 12.3. The van der Waals surface area contributed by atoms with Crippen LogP contribution in [0.1, 0.15) is 76.6 Å². The van der Waals surface area contributed by atoms with Gasteiger partial charge in [0.05, 0.1) is 6.54 Å². The minimum atomic E-state index is 0.918. The van der Waals surface area contributed by atoms with E-state index in [2.05, 4.69) is 64.0 Å². The van der Waals surface area contributed by atoms with E-state index < -0.39 is 0 Å². The van der Waals surface area contributed by atoms with Gasteiger partial charge in [-0.15, -0.1) is 4.68 Å². The van der Waals surface area contributed by atoms with Crippen molar-refractivity contribution in [2.45, 2.75) is 91.1 Å². The first-order valence-electron chi connectivity index (χ1n) is 10.2. The standard InChI is InChI=1S/C21H35N4/c1-3-5-7-8-9-13-16-21-24(18-6-4-2)22-23-25(21)19-17-20-14-11-10-12-15-20/h10-12,14-15H,3-9,13,16-19H2,1-2H3/q+1. The molecule has 0 N–H and O–H groups in total. The summed E-state index contributed by atoms with van der Waals surface area (Å²) in [5, 5.41) is 8.87. The molecule has 0 saturated carbocycles. The van der Waals surface area contributed by atoms with E-state index in [-0.39, 0.29) is 0 Å². The molecule has 0 amide bonds. The Labute approximate surface area is 153 Å². The molecule has 0 unspecified atom stereocenters. The normalized spacial score (nSPS) is 11.1. The highest BCUT2D eigenvalue weighted by Gasteiger charge is 2.19. The van der Waals surface area contributed by atoms with Gasteiger partial charge in [0.1, 0.15) is 11.8 Å². The summed E-state index contributed by atoms with van der Waals surface area (Å²) in [5.74, 6) is 1.31. The zero-order chi connectivity index (χ0) is 17.7. The van der Waals surface area contributed by atoms with Crippen molar-refractivity contribution in [3.05, 3.63) is 41.7 Å². The molecule has 4 nitrogen and oxygen atoms in total. The molecule has 0 aliphatic heterocycles. The molecule has 1 aromatic carbocycles. The first-order valence-corrected chi connectivity index (χ1v) is 10.2. The number of aromatic nitrogens is 4. The highest BCUT2D eigenvalue weighted by molar-refractivity contribution is 5.14. The zero-order valence-electron chi connectivity index (χ0n) is 16.2. The van der Waals surface area contributed by atoms with Crippen molar-refractivity contribution >= 4 is 0 Å². The van der Waals surface area contributed by atoms with E-state index in [4.69, 9.17) is 0 Å². The maximum atomic E-state index is 4.44. The molecule has 0 bridgehead atoms. The molecule has 1 heterocycles. The Morgan fingerprint density at radius 3 is 2.32 bits per heavy atom. The molecule has 2 rings (SSSR count). The van der Waals surface area contributed by atoms with Crippen molar-refractivity contribution in [2.75, 3.05) is 0 Å². The number of hydrogen-bond acceptors (Lipinski definition) is 2. The lowest BCUT2D eigenvalue weighted by molar-refractivity contribution is -0.761. The Morgan fingerprint density at radius 2 is 1.56 bits per heavy atom. The number of aryl methyl sites for hydroxylation is 3. The van der Waals surface area contributed by atoms with Crippen LogP contribution < -0.4 is 4.68 Å². The fourth-order valence-corrected chi connectivity index (χ4v) is 3.19. The zero-order valence-corrected chi connectivity index (χ0v) is 16.2. The number of benzene rings is 1. The van der Waals surface area contributed by atoms with E-state index in [1.807, 2.05) is 0 Å². The van der Waals surface area contributed by atoms with Gasteiger partial charge in [0, 0.05) is 12.8 Å². The van der Waals surface area contributed by atoms with Gasteiger partial charge < -0.3 is 0 Å². The fourth-order valence-electron chi connectivity index (χ4n) is 3.19. The molecule has 138 valence electrons. The van der Waals surface area contributed by atoms with Gasteiger partial charge in [-0.25, -0.2) is 0 Å². The summed E-state index contributed by atoms with van der Waals surface area (Å²) < 4.78 is 4.27. The highest BCUT2D eigenvalue weighted by atomic mass is 15.6. The van der Waals surface area contributed by atoms with E-state index >= 15 is 0 Å². The van der Waals surface area contributed by atoms with Crippen LogP contribution in [0.3, 0.4) is 0 Å². The van der Waals surface area contributed by atoms with Gasteiger partial charge in [-0.05, 0) is 18.4 Å². The SMILES string of the molecule is CCCCCCCCc1n(CCc2ccccc2)nn[n+]1CCCC. The molecule has 25 heavy (non-hydrogen) atoms. The van der Waals surface area contributed by atoms with Crippen LogP contribution in [-0.2, 0) is 25.9 Å². The molecular weight excluding hydrogens is 308 g/mol. The predicted octanol–water partition coefficient (Wildman–Crippen LogP) is 4.51. The Hall–Kier alpha value is -1.71. The molecular formula is C21H35N4+. The summed E-state index contributed by atoms with van der Waals surface area (Å²) in [5.41, 5.74) is 1.36. The van der Waals surface area contributed by atoms with Crippen LogP contribution in [0, 0.1) is 0 Å². The monoisotopic (exact) mass is 343 g/mol. The molecule has 0 aliphatic carbocycles. The van der Waals surface area contributed by atoms with Gasteiger partial charge in [-0.2, -0.15) is 0 Å². The number of hydrogen-bond donors (Lipinski definition) is 0. The summed E-state index contributed by atoms with van der Waals surface area (Å²) >= 11 is 0. The van der Waals surface area contributed by atoms with Gasteiger partial charge in [-0.3, -0.25) is 0 Å². The molecule has 0 radical (unpaired) electrons. The van der Waals surface area contributed by atoms with E-state index in [0.29, 0.717) is 0 Å². The predicted molar refractivity (Wildman–Crippen MR) is 102 cm³/mol. The lowest BCUT2D eigenvalue weighted by Gasteiger charge is -2.03.